The van der Waals surface area contributed by atoms with Crippen LogP contribution in [0.5, 0.6) is 0 Å². The van der Waals surface area contributed by atoms with Crippen molar-refractivity contribution in [2.24, 2.45) is 0 Å². The number of esters is 2. The van der Waals surface area contributed by atoms with Gasteiger partial charge in [-0.05, 0) is 0 Å². The van der Waals surface area contributed by atoms with E-state index in [2.05, 4.69) is 22.6 Å². The Bertz CT molecular complexity index is 163. The van der Waals surface area contributed by atoms with Crippen molar-refractivity contribution in [2.75, 3.05) is 0 Å². The molecule has 0 atom stereocenters. The Labute approximate surface area is 64.1 Å². The Kier molecular flexibility index (Phi) is 4.47. The summed E-state index contributed by atoms with van der Waals surface area (Å²) in [7, 11) is 0. The van der Waals surface area contributed by atoms with Crippen LogP contribution in [0.2, 0.25) is 0 Å². The monoisotopic (exact) mass is 156 g/mol. The molecule has 0 spiro atoms. The zero-order valence-corrected chi connectivity index (χ0v) is 5.91. The third-order valence-electron chi connectivity index (χ3n) is 0.718. The lowest BCUT2D eigenvalue weighted by molar-refractivity contribution is -0.148. The van der Waals surface area contributed by atoms with Gasteiger partial charge in [0.15, 0.2) is 0 Å². The number of carbonyl (C=O) groups is 2. The number of hydrogen-bond acceptors (Lipinski definition) is 4. The van der Waals surface area contributed by atoms with Gasteiger partial charge in [0.2, 0.25) is 0 Å². The van der Waals surface area contributed by atoms with Gasteiger partial charge in [-0.25, -0.2) is 0 Å². The van der Waals surface area contributed by atoms with Gasteiger partial charge in [0.05, 0.1) is 12.5 Å². The van der Waals surface area contributed by atoms with Gasteiger partial charge >= 0.3 is 11.9 Å². The summed E-state index contributed by atoms with van der Waals surface area (Å²) in [5.41, 5.74) is 0. The smallest absolute Gasteiger partial charge is 0.321 e. The van der Waals surface area contributed by atoms with Gasteiger partial charge in [0, 0.05) is 0 Å². The fraction of sp³-hybridized carbons (Fsp3) is 0.143. The molecular weight excluding hydrogens is 148 g/mol. The third kappa shape index (κ3) is 4.90. The molecule has 0 aliphatic carbocycles. The van der Waals surface area contributed by atoms with Crippen LogP contribution in [-0.2, 0) is 19.1 Å². The lowest BCUT2D eigenvalue weighted by Crippen LogP contribution is -2.09. The Morgan fingerprint density at radius 3 is 1.73 bits per heavy atom. The highest BCUT2D eigenvalue weighted by Crippen LogP contribution is 1.90. The molecule has 11 heavy (non-hydrogen) atoms. The zero-order chi connectivity index (χ0) is 8.69. The highest BCUT2D eigenvalue weighted by molar-refractivity contribution is 5.91. The highest BCUT2D eigenvalue weighted by atomic mass is 16.5. The van der Waals surface area contributed by atoms with E-state index in [0.29, 0.717) is 0 Å². The summed E-state index contributed by atoms with van der Waals surface area (Å²) in [5.74, 6) is -1.40. The largest absolute Gasteiger partial charge is 0.435 e. The molecule has 0 saturated carbocycles. The Hall–Kier alpha value is -1.58. The van der Waals surface area contributed by atoms with Crippen molar-refractivity contribution >= 4 is 11.9 Å². The molecule has 4 heteroatoms. The minimum absolute atomic E-state index is 0.433. The summed E-state index contributed by atoms with van der Waals surface area (Å²) >= 11 is 0. The van der Waals surface area contributed by atoms with E-state index < -0.39 is 18.4 Å². The molecule has 0 heterocycles. The average molecular weight is 156 g/mol. The van der Waals surface area contributed by atoms with Crippen molar-refractivity contribution < 1.29 is 19.1 Å². The predicted molar refractivity (Wildman–Crippen MR) is 37.2 cm³/mol. The first kappa shape index (κ1) is 9.42. The van der Waals surface area contributed by atoms with Crippen LogP contribution in [0.1, 0.15) is 6.42 Å². The van der Waals surface area contributed by atoms with Crippen LogP contribution < -0.4 is 0 Å². The van der Waals surface area contributed by atoms with E-state index in [4.69, 9.17) is 0 Å². The van der Waals surface area contributed by atoms with Crippen LogP contribution in [0.3, 0.4) is 0 Å². The first-order valence-electron chi connectivity index (χ1n) is 2.81. The molecule has 0 unspecified atom stereocenters. The number of rotatable bonds is 4. The second-order valence-electron chi connectivity index (χ2n) is 1.49. The maximum Gasteiger partial charge on any atom is 0.321 e. The van der Waals surface area contributed by atoms with Gasteiger partial charge in [-0.15, -0.1) is 0 Å². The van der Waals surface area contributed by atoms with E-state index >= 15 is 0 Å². The van der Waals surface area contributed by atoms with E-state index in [1.807, 2.05) is 0 Å². The van der Waals surface area contributed by atoms with Gasteiger partial charge in [-0.2, -0.15) is 0 Å². The normalized spacial score (nSPS) is 8.00. The van der Waals surface area contributed by atoms with Crippen molar-refractivity contribution in [1.82, 2.24) is 0 Å². The minimum atomic E-state index is -0.702. The first-order chi connectivity index (χ1) is 5.20. The van der Waals surface area contributed by atoms with Crippen molar-refractivity contribution in [1.29, 1.82) is 0 Å². The number of hydrogen-bond donors (Lipinski definition) is 0. The Morgan fingerprint density at radius 2 is 1.45 bits per heavy atom. The molecule has 0 amide bonds. The molecular formula is C7H8O4. The fourth-order valence-electron chi connectivity index (χ4n) is 0.387. The molecule has 0 rings (SSSR count). The summed E-state index contributed by atoms with van der Waals surface area (Å²) in [6.45, 7) is 6.28. The van der Waals surface area contributed by atoms with E-state index in [-0.39, 0.29) is 0 Å². The lowest BCUT2D eigenvalue weighted by atomic mass is 10.4. The lowest BCUT2D eigenvalue weighted by Gasteiger charge is -1.96. The van der Waals surface area contributed by atoms with Crippen molar-refractivity contribution in [3.8, 4) is 0 Å². The Balaban J connectivity index is 3.65. The van der Waals surface area contributed by atoms with Gasteiger partial charge in [-0.3, -0.25) is 9.59 Å². The van der Waals surface area contributed by atoms with E-state index in [1.165, 1.54) is 0 Å². The quantitative estimate of drug-likeness (QED) is 0.342. The molecule has 4 nitrogen and oxygen atoms in total. The zero-order valence-electron chi connectivity index (χ0n) is 5.91. The molecule has 0 bridgehead atoms. The van der Waals surface area contributed by atoms with E-state index in [0.717, 1.165) is 12.5 Å². The molecule has 0 aromatic rings. The molecule has 0 aromatic carbocycles. The SMILES string of the molecule is C=COC(=O)CC(=O)OC=C. The molecule has 0 aromatic heterocycles. The van der Waals surface area contributed by atoms with Crippen LogP contribution >= 0.6 is 0 Å². The van der Waals surface area contributed by atoms with Crippen molar-refractivity contribution in [3.63, 3.8) is 0 Å². The second-order valence-corrected chi connectivity index (χ2v) is 1.49. The summed E-state index contributed by atoms with van der Waals surface area (Å²) in [6.07, 6.45) is 1.46. The first-order valence-corrected chi connectivity index (χ1v) is 2.81. The Morgan fingerprint density at radius 1 is 1.09 bits per heavy atom. The van der Waals surface area contributed by atoms with E-state index in [9.17, 15) is 9.59 Å². The number of carbonyl (C=O) groups excluding carboxylic acids is 2. The van der Waals surface area contributed by atoms with Crippen LogP contribution in [0.4, 0.5) is 0 Å². The number of ether oxygens (including phenoxy) is 2. The molecule has 0 aliphatic heterocycles. The van der Waals surface area contributed by atoms with Gasteiger partial charge in [0.1, 0.15) is 6.42 Å². The summed E-state index contributed by atoms with van der Waals surface area (Å²) in [5, 5.41) is 0. The van der Waals surface area contributed by atoms with Crippen LogP contribution in [0, 0.1) is 0 Å². The summed E-state index contributed by atoms with van der Waals surface area (Å²) < 4.78 is 8.50. The van der Waals surface area contributed by atoms with Gasteiger partial charge < -0.3 is 9.47 Å². The van der Waals surface area contributed by atoms with E-state index in [1.54, 1.807) is 0 Å². The van der Waals surface area contributed by atoms with Crippen LogP contribution in [0.15, 0.2) is 25.7 Å². The molecule has 0 aliphatic rings. The van der Waals surface area contributed by atoms with Crippen LogP contribution in [0.25, 0.3) is 0 Å². The summed E-state index contributed by atoms with van der Waals surface area (Å²) in [6, 6.07) is 0. The standard InChI is InChI=1S/C7H8O4/c1-3-10-6(8)5-7(9)11-4-2/h3-4H,1-2,5H2. The van der Waals surface area contributed by atoms with Crippen molar-refractivity contribution in [3.05, 3.63) is 25.7 Å². The fourth-order valence-corrected chi connectivity index (χ4v) is 0.387. The highest BCUT2D eigenvalue weighted by Gasteiger charge is 2.09. The molecule has 0 N–H and O–H groups in total. The maximum absolute atomic E-state index is 10.5. The van der Waals surface area contributed by atoms with Crippen LogP contribution in [-0.4, -0.2) is 11.9 Å². The second kappa shape index (κ2) is 5.22. The minimum Gasteiger partial charge on any atom is -0.435 e. The van der Waals surface area contributed by atoms with Crippen molar-refractivity contribution in [2.45, 2.75) is 6.42 Å². The van der Waals surface area contributed by atoms with Gasteiger partial charge in [-0.1, -0.05) is 13.2 Å². The summed E-state index contributed by atoms with van der Waals surface area (Å²) in [4.78, 5) is 21.0. The van der Waals surface area contributed by atoms with Gasteiger partial charge in [0.25, 0.3) is 0 Å². The molecule has 0 radical (unpaired) electrons. The molecule has 60 valence electrons. The average Bonchev–Trinajstić information content (AvgIpc) is 1.87. The molecule has 0 saturated heterocycles. The molecule has 0 fully saturated rings. The predicted octanol–water partition coefficient (Wildman–Crippen LogP) is 0.750. The topological polar surface area (TPSA) is 52.6 Å². The maximum atomic E-state index is 10.5. The third-order valence-corrected chi connectivity index (χ3v) is 0.718.